The van der Waals surface area contributed by atoms with E-state index in [2.05, 4.69) is 21.3 Å². The summed E-state index contributed by atoms with van der Waals surface area (Å²) in [6.07, 6.45) is 1.90. The minimum absolute atomic E-state index is 0.470. The molecule has 98 valence electrons. The maximum absolute atomic E-state index is 9.33. The Morgan fingerprint density at radius 2 is 1.95 bits per heavy atom. The maximum Gasteiger partial charge on any atom is 0.183 e. The number of fused-ring (bicyclic) bond motifs is 1. The van der Waals surface area contributed by atoms with E-state index in [4.69, 9.17) is 0 Å². The lowest BCUT2D eigenvalue weighted by Gasteiger charge is -2.09. The monoisotopic (exact) mass is 281 g/mol. The molecular weight excluding hydrogens is 270 g/mol. The van der Waals surface area contributed by atoms with Crippen molar-refractivity contribution in [1.82, 2.24) is 19.6 Å². The normalized spacial score (nSPS) is 10.7. The standard InChI is InChI=1S/C14H11N5S/c1-9-17-18-13-11(8-15)14(20-2)16-12(19(9)13)10-6-4-3-5-7-10/h3-7H,1-2H3. The highest BCUT2D eigenvalue weighted by atomic mass is 32.2. The van der Waals surface area contributed by atoms with Crippen LogP contribution < -0.4 is 0 Å². The Morgan fingerprint density at radius 3 is 2.60 bits per heavy atom. The third kappa shape index (κ3) is 1.84. The quantitative estimate of drug-likeness (QED) is 0.533. The zero-order chi connectivity index (χ0) is 14.1. The molecule has 5 nitrogen and oxygen atoms in total. The van der Waals surface area contributed by atoms with Crippen LogP contribution in [0.25, 0.3) is 17.0 Å². The highest BCUT2D eigenvalue weighted by Crippen LogP contribution is 2.27. The second-order valence-corrected chi connectivity index (χ2v) is 5.00. The maximum atomic E-state index is 9.33. The molecule has 0 spiro atoms. The molecule has 0 aliphatic rings. The third-order valence-corrected chi connectivity index (χ3v) is 3.70. The van der Waals surface area contributed by atoms with Crippen molar-refractivity contribution in [2.45, 2.75) is 11.9 Å². The van der Waals surface area contributed by atoms with Crippen molar-refractivity contribution < 1.29 is 0 Å². The largest absolute Gasteiger partial charge is 0.261 e. The van der Waals surface area contributed by atoms with Crippen LogP contribution in [0.3, 0.4) is 0 Å². The first-order valence-electron chi connectivity index (χ1n) is 6.01. The smallest absolute Gasteiger partial charge is 0.183 e. The summed E-state index contributed by atoms with van der Waals surface area (Å²) in [5.74, 6) is 1.47. The van der Waals surface area contributed by atoms with E-state index in [9.17, 15) is 5.26 Å². The molecule has 6 heteroatoms. The summed E-state index contributed by atoms with van der Waals surface area (Å²) in [5, 5.41) is 18.2. The highest BCUT2D eigenvalue weighted by Gasteiger charge is 2.18. The minimum atomic E-state index is 0.470. The van der Waals surface area contributed by atoms with Crippen LogP contribution in [0.5, 0.6) is 0 Å². The van der Waals surface area contributed by atoms with Gasteiger partial charge in [0.2, 0.25) is 0 Å². The number of benzene rings is 1. The van der Waals surface area contributed by atoms with Gasteiger partial charge in [-0.05, 0) is 13.2 Å². The van der Waals surface area contributed by atoms with Gasteiger partial charge in [-0.2, -0.15) is 5.26 Å². The van der Waals surface area contributed by atoms with Gasteiger partial charge in [-0.1, -0.05) is 30.3 Å². The van der Waals surface area contributed by atoms with Crippen molar-refractivity contribution in [3.05, 3.63) is 41.7 Å². The molecule has 0 aliphatic carbocycles. The van der Waals surface area contributed by atoms with Crippen molar-refractivity contribution in [1.29, 1.82) is 5.26 Å². The predicted molar refractivity (Wildman–Crippen MR) is 77.5 cm³/mol. The summed E-state index contributed by atoms with van der Waals surface area (Å²) in [5.41, 5.74) is 2.00. The summed E-state index contributed by atoms with van der Waals surface area (Å²) >= 11 is 1.44. The van der Waals surface area contributed by atoms with Gasteiger partial charge in [0.15, 0.2) is 5.65 Å². The molecule has 0 atom stereocenters. The predicted octanol–water partition coefficient (Wildman–Crippen LogP) is 2.69. The van der Waals surface area contributed by atoms with E-state index in [-0.39, 0.29) is 0 Å². The lowest BCUT2D eigenvalue weighted by atomic mass is 10.2. The molecule has 0 amide bonds. The van der Waals surface area contributed by atoms with Crippen LogP contribution in [-0.2, 0) is 0 Å². The molecule has 0 aliphatic heterocycles. The first kappa shape index (κ1) is 12.6. The van der Waals surface area contributed by atoms with E-state index >= 15 is 0 Å². The van der Waals surface area contributed by atoms with Gasteiger partial charge < -0.3 is 0 Å². The molecule has 0 saturated heterocycles. The Hall–Kier alpha value is -2.39. The van der Waals surface area contributed by atoms with E-state index in [1.165, 1.54) is 11.8 Å². The van der Waals surface area contributed by atoms with Gasteiger partial charge in [-0.25, -0.2) is 4.98 Å². The van der Waals surface area contributed by atoms with Crippen LogP contribution in [0.4, 0.5) is 0 Å². The van der Waals surface area contributed by atoms with Gasteiger partial charge in [0, 0.05) is 5.56 Å². The van der Waals surface area contributed by atoms with Crippen molar-refractivity contribution in [3.63, 3.8) is 0 Å². The molecule has 20 heavy (non-hydrogen) atoms. The average molecular weight is 281 g/mol. The first-order valence-corrected chi connectivity index (χ1v) is 7.24. The van der Waals surface area contributed by atoms with Crippen LogP contribution in [0.15, 0.2) is 35.4 Å². The van der Waals surface area contributed by atoms with Gasteiger partial charge in [-0.15, -0.1) is 22.0 Å². The lowest BCUT2D eigenvalue weighted by molar-refractivity contribution is 0.961. The Bertz CT molecular complexity index is 817. The third-order valence-electron chi connectivity index (χ3n) is 3.02. The Labute approximate surface area is 120 Å². The molecule has 0 N–H and O–H groups in total. The first-order chi connectivity index (χ1) is 9.76. The van der Waals surface area contributed by atoms with Gasteiger partial charge in [0.25, 0.3) is 0 Å². The van der Waals surface area contributed by atoms with Crippen LogP contribution >= 0.6 is 11.8 Å². The van der Waals surface area contributed by atoms with E-state index in [0.29, 0.717) is 16.2 Å². The molecule has 3 rings (SSSR count). The number of aromatic nitrogens is 4. The fourth-order valence-electron chi connectivity index (χ4n) is 2.10. The van der Waals surface area contributed by atoms with Gasteiger partial charge in [0.05, 0.1) is 0 Å². The van der Waals surface area contributed by atoms with E-state index in [1.54, 1.807) is 0 Å². The fraction of sp³-hybridized carbons (Fsp3) is 0.143. The molecule has 0 radical (unpaired) electrons. The highest BCUT2D eigenvalue weighted by molar-refractivity contribution is 7.98. The Morgan fingerprint density at radius 1 is 1.20 bits per heavy atom. The number of thioether (sulfide) groups is 1. The Balaban J connectivity index is 2.44. The second-order valence-electron chi connectivity index (χ2n) is 4.20. The van der Waals surface area contributed by atoms with Crippen molar-refractivity contribution in [3.8, 4) is 17.5 Å². The molecular formula is C14H11N5S. The number of hydrogen-bond acceptors (Lipinski definition) is 5. The molecule has 2 heterocycles. The minimum Gasteiger partial charge on any atom is -0.261 e. The summed E-state index contributed by atoms with van der Waals surface area (Å²) in [7, 11) is 0. The van der Waals surface area contributed by atoms with Crippen LogP contribution in [0.1, 0.15) is 11.4 Å². The molecule has 2 aromatic heterocycles. The van der Waals surface area contributed by atoms with Crippen LogP contribution in [-0.4, -0.2) is 25.8 Å². The summed E-state index contributed by atoms with van der Waals surface area (Å²) < 4.78 is 1.83. The lowest BCUT2D eigenvalue weighted by Crippen LogP contribution is -2.02. The molecule has 0 fully saturated rings. The van der Waals surface area contributed by atoms with E-state index in [1.807, 2.05) is 47.9 Å². The molecule has 0 unspecified atom stereocenters. The molecule has 1 aromatic carbocycles. The number of nitriles is 1. The SMILES string of the molecule is CSc1nc(-c2ccccc2)n2c(C)nnc2c1C#N. The summed E-state index contributed by atoms with van der Waals surface area (Å²) in [6.45, 7) is 1.86. The van der Waals surface area contributed by atoms with Crippen molar-refractivity contribution >= 4 is 17.4 Å². The number of aryl methyl sites for hydroxylation is 1. The second kappa shape index (κ2) is 4.94. The van der Waals surface area contributed by atoms with E-state index < -0.39 is 0 Å². The molecule has 3 aromatic rings. The van der Waals surface area contributed by atoms with Crippen LogP contribution in [0.2, 0.25) is 0 Å². The summed E-state index contributed by atoms with van der Waals surface area (Å²) in [4.78, 5) is 4.62. The van der Waals surface area contributed by atoms with E-state index in [0.717, 1.165) is 17.2 Å². The van der Waals surface area contributed by atoms with Gasteiger partial charge in [-0.3, -0.25) is 4.40 Å². The zero-order valence-corrected chi connectivity index (χ0v) is 11.8. The summed E-state index contributed by atoms with van der Waals surface area (Å²) in [6, 6.07) is 12.0. The number of nitrogens with zero attached hydrogens (tertiary/aromatic N) is 5. The topological polar surface area (TPSA) is 66.9 Å². The fourth-order valence-corrected chi connectivity index (χ4v) is 2.62. The Kier molecular flexibility index (Phi) is 3.12. The van der Waals surface area contributed by atoms with Gasteiger partial charge >= 0.3 is 0 Å². The zero-order valence-electron chi connectivity index (χ0n) is 11.0. The van der Waals surface area contributed by atoms with Gasteiger partial charge in [0.1, 0.15) is 28.3 Å². The molecule has 0 saturated carbocycles. The van der Waals surface area contributed by atoms with Crippen molar-refractivity contribution in [2.24, 2.45) is 0 Å². The average Bonchev–Trinajstić information content (AvgIpc) is 2.88. The molecule has 0 bridgehead atoms. The number of hydrogen-bond donors (Lipinski definition) is 0. The van der Waals surface area contributed by atoms with Crippen molar-refractivity contribution in [2.75, 3.05) is 6.26 Å². The van der Waals surface area contributed by atoms with Crippen LogP contribution in [0, 0.1) is 18.3 Å². The number of rotatable bonds is 2.